The van der Waals surface area contributed by atoms with Gasteiger partial charge in [0.15, 0.2) is 11.5 Å². The van der Waals surface area contributed by atoms with Gasteiger partial charge in [0.1, 0.15) is 18.9 Å². The highest BCUT2D eigenvalue weighted by atomic mass is 32.2. The normalized spacial score (nSPS) is 16.3. The highest BCUT2D eigenvalue weighted by Gasteiger charge is 2.43. The number of urea groups is 1. The van der Waals surface area contributed by atoms with Crippen molar-refractivity contribution < 1.29 is 32.2 Å². The van der Waals surface area contributed by atoms with E-state index in [2.05, 4.69) is 20.5 Å². The molecule has 13 nitrogen and oxygen atoms in total. The number of hydrogen-bond donors (Lipinski definition) is 3. The molecule has 1 aliphatic rings. The summed E-state index contributed by atoms with van der Waals surface area (Å²) in [5.41, 5.74) is 0.400. The van der Waals surface area contributed by atoms with Crippen molar-refractivity contribution in [2.45, 2.75) is 13.0 Å². The van der Waals surface area contributed by atoms with E-state index in [1.54, 1.807) is 42.0 Å². The number of oxime groups is 1. The average Bonchev–Trinajstić information content (AvgIpc) is 3.12. The van der Waals surface area contributed by atoms with Crippen LogP contribution in [0.4, 0.5) is 10.6 Å². The Bertz CT molecular complexity index is 1130. The molecular weight excluding hydrogens is 432 g/mol. The smallest absolute Gasteiger partial charge is 0.339 e. The van der Waals surface area contributed by atoms with Gasteiger partial charge in [0.05, 0.1) is 6.54 Å². The number of imide groups is 1. The first-order chi connectivity index (χ1) is 14.7. The zero-order valence-electron chi connectivity index (χ0n) is 16.4. The van der Waals surface area contributed by atoms with Gasteiger partial charge in [-0.2, -0.15) is 8.42 Å². The molecule has 1 saturated heterocycles. The number of aryl methyl sites for hydroxylation is 1. The molecule has 0 aliphatic carbocycles. The molecule has 0 spiro atoms. The van der Waals surface area contributed by atoms with E-state index in [4.69, 9.17) is 4.52 Å². The third-order valence-corrected chi connectivity index (χ3v) is 4.93. The summed E-state index contributed by atoms with van der Waals surface area (Å²) >= 11 is 0. The third kappa shape index (κ3) is 5.16. The van der Waals surface area contributed by atoms with E-state index in [1.807, 2.05) is 4.72 Å². The van der Waals surface area contributed by atoms with Crippen LogP contribution in [0.2, 0.25) is 0 Å². The van der Waals surface area contributed by atoms with Gasteiger partial charge < -0.3 is 14.7 Å². The average molecular weight is 450 g/mol. The molecule has 1 atom stereocenters. The Morgan fingerprint density at radius 2 is 2.00 bits per heavy atom. The number of carbonyl (C=O) groups excluding carboxylic acids is 3. The van der Waals surface area contributed by atoms with Crippen molar-refractivity contribution >= 4 is 39.6 Å². The number of benzene rings is 1. The molecule has 2 aromatic rings. The second kappa shape index (κ2) is 8.83. The Hall–Kier alpha value is -3.94. The molecule has 1 aromatic heterocycles. The zero-order valence-corrected chi connectivity index (χ0v) is 17.2. The number of likely N-dealkylation sites (tertiary alicyclic amines) is 1. The van der Waals surface area contributed by atoms with Crippen LogP contribution in [0, 0.1) is 6.92 Å². The van der Waals surface area contributed by atoms with Crippen molar-refractivity contribution in [2.75, 3.05) is 18.4 Å². The monoisotopic (exact) mass is 450 g/mol. The highest BCUT2D eigenvalue weighted by molar-refractivity contribution is 7.91. The molecule has 1 aliphatic heterocycles. The molecule has 3 rings (SSSR count). The van der Waals surface area contributed by atoms with Gasteiger partial charge in [0.2, 0.25) is 0 Å². The number of nitrogens with zero attached hydrogens (tertiary/aromatic N) is 3. The number of β-lactam (4-membered cyclic amide) rings is 1. The summed E-state index contributed by atoms with van der Waals surface area (Å²) in [6.45, 7) is 1.32. The topological polar surface area (TPSA) is 172 Å². The van der Waals surface area contributed by atoms with Gasteiger partial charge in [-0.05, 0) is 6.92 Å². The van der Waals surface area contributed by atoms with E-state index in [-0.39, 0.29) is 18.1 Å². The Morgan fingerprint density at radius 1 is 1.29 bits per heavy atom. The van der Waals surface area contributed by atoms with Gasteiger partial charge in [0, 0.05) is 11.6 Å². The van der Waals surface area contributed by atoms with Gasteiger partial charge in [-0.25, -0.2) is 14.2 Å². The zero-order chi connectivity index (χ0) is 22.6. The first kappa shape index (κ1) is 21.8. The SMILES string of the molecule is CON=C(C(=O)N[C@H]1CN(C(=O)NS(=O)(=O)Nc2cc(C)on2)C1=O)c1ccccc1. The van der Waals surface area contributed by atoms with Crippen molar-refractivity contribution in [1.29, 1.82) is 0 Å². The first-order valence-corrected chi connectivity index (χ1v) is 10.2. The van der Waals surface area contributed by atoms with Crippen molar-refractivity contribution in [3.8, 4) is 0 Å². The summed E-state index contributed by atoms with van der Waals surface area (Å²) in [7, 11) is -3.08. The van der Waals surface area contributed by atoms with Gasteiger partial charge in [-0.15, -0.1) is 0 Å². The molecule has 31 heavy (non-hydrogen) atoms. The van der Waals surface area contributed by atoms with Gasteiger partial charge in [-0.1, -0.05) is 40.6 Å². The van der Waals surface area contributed by atoms with Crippen molar-refractivity contribution in [3.05, 3.63) is 47.7 Å². The molecule has 14 heteroatoms. The minimum absolute atomic E-state index is 0.0616. The van der Waals surface area contributed by atoms with Crippen LogP contribution in [0.3, 0.4) is 0 Å². The molecule has 0 bridgehead atoms. The lowest BCUT2D eigenvalue weighted by Gasteiger charge is -2.36. The van der Waals surface area contributed by atoms with Crippen LogP contribution >= 0.6 is 0 Å². The number of amides is 4. The fourth-order valence-electron chi connectivity index (χ4n) is 2.60. The predicted molar refractivity (Wildman–Crippen MR) is 106 cm³/mol. The molecule has 2 heterocycles. The van der Waals surface area contributed by atoms with Crippen LogP contribution in [0.25, 0.3) is 0 Å². The van der Waals surface area contributed by atoms with Crippen LogP contribution in [0.1, 0.15) is 11.3 Å². The number of anilines is 1. The van der Waals surface area contributed by atoms with Crippen molar-refractivity contribution in [2.24, 2.45) is 5.16 Å². The minimum Gasteiger partial charge on any atom is -0.398 e. The molecule has 164 valence electrons. The van der Waals surface area contributed by atoms with E-state index in [0.717, 1.165) is 0 Å². The molecule has 1 fully saturated rings. The number of carbonyl (C=O) groups is 3. The van der Waals surface area contributed by atoms with E-state index in [0.29, 0.717) is 16.2 Å². The summed E-state index contributed by atoms with van der Waals surface area (Å²) in [5, 5.41) is 9.54. The number of rotatable bonds is 7. The van der Waals surface area contributed by atoms with Crippen LogP contribution < -0.4 is 14.8 Å². The standard InChI is InChI=1S/C17H18N6O7S/c1-10-8-13(19-30-10)21-31(27,28)22-17(26)23-9-12(16(23)25)18-15(24)14(20-29-2)11-6-4-3-5-7-11/h3-8,12H,9H2,1-2H3,(H,18,24)(H,19,21)(H,22,26)/t12-/m0/s1. The van der Waals surface area contributed by atoms with Crippen molar-refractivity contribution in [3.63, 3.8) is 0 Å². The van der Waals surface area contributed by atoms with E-state index >= 15 is 0 Å². The first-order valence-electron chi connectivity index (χ1n) is 8.77. The maximum atomic E-state index is 12.5. The fraction of sp³-hybridized carbons (Fsp3) is 0.235. The maximum absolute atomic E-state index is 12.5. The van der Waals surface area contributed by atoms with Crippen LogP contribution in [-0.4, -0.2) is 61.7 Å². The fourth-order valence-corrected chi connectivity index (χ4v) is 3.37. The molecule has 1 aromatic carbocycles. The van der Waals surface area contributed by atoms with Crippen molar-refractivity contribution in [1.82, 2.24) is 20.1 Å². The lowest BCUT2D eigenvalue weighted by molar-refractivity contribution is -0.141. The lowest BCUT2D eigenvalue weighted by atomic mass is 10.1. The molecule has 3 N–H and O–H groups in total. The van der Waals surface area contributed by atoms with Crippen LogP contribution in [0.15, 0.2) is 46.1 Å². The summed E-state index contributed by atoms with van der Waals surface area (Å²) < 4.78 is 32.3. The molecule has 0 unspecified atom stereocenters. The minimum atomic E-state index is -4.35. The van der Waals surface area contributed by atoms with Crippen LogP contribution in [-0.2, 0) is 24.6 Å². The third-order valence-electron chi connectivity index (χ3n) is 4.01. The van der Waals surface area contributed by atoms with Crippen LogP contribution in [0.5, 0.6) is 0 Å². The Morgan fingerprint density at radius 3 is 2.58 bits per heavy atom. The lowest BCUT2D eigenvalue weighted by Crippen LogP contribution is -2.68. The molecule has 0 radical (unpaired) electrons. The predicted octanol–water partition coefficient (Wildman–Crippen LogP) is -0.273. The Kier molecular flexibility index (Phi) is 6.20. The quantitative estimate of drug-likeness (QED) is 0.294. The Balaban J connectivity index is 1.57. The number of nitrogens with one attached hydrogen (secondary N) is 3. The van der Waals surface area contributed by atoms with E-state index < -0.39 is 34.1 Å². The second-order valence-corrected chi connectivity index (χ2v) is 7.71. The Labute approximate surface area is 176 Å². The summed E-state index contributed by atoms with van der Waals surface area (Å²) in [6.07, 6.45) is 0. The van der Waals surface area contributed by atoms with Gasteiger partial charge in [0.25, 0.3) is 11.8 Å². The second-order valence-electron chi connectivity index (χ2n) is 6.30. The van der Waals surface area contributed by atoms with Gasteiger partial charge >= 0.3 is 16.2 Å². The molecular formula is C17H18N6O7S. The highest BCUT2D eigenvalue weighted by Crippen LogP contribution is 2.13. The summed E-state index contributed by atoms with van der Waals surface area (Å²) in [6, 6.07) is 7.50. The van der Waals surface area contributed by atoms with E-state index in [9.17, 15) is 22.8 Å². The van der Waals surface area contributed by atoms with Gasteiger partial charge in [-0.3, -0.25) is 14.5 Å². The van der Waals surface area contributed by atoms with E-state index in [1.165, 1.54) is 13.2 Å². The summed E-state index contributed by atoms with van der Waals surface area (Å²) in [5.74, 6) is -1.26. The largest absolute Gasteiger partial charge is 0.398 e. The maximum Gasteiger partial charge on any atom is 0.339 e. The number of aromatic nitrogens is 1. The molecule has 0 saturated carbocycles. The number of hydrogen-bond acceptors (Lipinski definition) is 9. The molecule has 4 amide bonds. The summed E-state index contributed by atoms with van der Waals surface area (Å²) in [4.78, 5) is 42.1.